The van der Waals surface area contributed by atoms with Crippen LogP contribution < -0.4 is 10.5 Å². The van der Waals surface area contributed by atoms with Crippen molar-refractivity contribution in [1.82, 2.24) is 19.6 Å². The van der Waals surface area contributed by atoms with Crippen molar-refractivity contribution in [3.05, 3.63) is 52.8 Å². The van der Waals surface area contributed by atoms with Crippen LogP contribution in [0.15, 0.2) is 36.7 Å². The first-order valence-corrected chi connectivity index (χ1v) is 10.2. The molecule has 0 saturated carbocycles. The molecule has 4 rings (SSSR count). The number of aromatic nitrogens is 4. The number of fused-ring (bicyclic) bond motifs is 1. The van der Waals surface area contributed by atoms with E-state index < -0.39 is 6.04 Å². The van der Waals surface area contributed by atoms with Crippen molar-refractivity contribution < 1.29 is 9.84 Å². The molecule has 1 atom stereocenters. The monoisotopic (exact) mass is 429 g/mol. The highest BCUT2D eigenvalue weighted by atomic mass is 35.5. The number of aryl methyl sites for hydroxylation is 2. The predicted molar refractivity (Wildman–Crippen MR) is 115 cm³/mol. The number of imidazole rings is 1. The van der Waals surface area contributed by atoms with E-state index >= 15 is 0 Å². The summed E-state index contributed by atoms with van der Waals surface area (Å²) in [5.41, 5.74) is 10.2. The second-order valence-corrected chi connectivity index (χ2v) is 8.25. The standard InChI is InChI=1S/C20H20ClN5O2S/c1-11-3-4-18-23-16(8-26(18)7-11)20-25-24-19(29-20)14-5-12(2)17(6-15(14)21)28-10-13(22)9-27/h3-8,13,27H,9-10,22H2,1-2H3. The molecule has 3 N–H and O–H groups in total. The normalized spacial score (nSPS) is 12.4. The summed E-state index contributed by atoms with van der Waals surface area (Å²) >= 11 is 7.91. The molecule has 3 aromatic heterocycles. The smallest absolute Gasteiger partial charge is 0.168 e. The van der Waals surface area contributed by atoms with Crippen LogP contribution in [0.25, 0.3) is 26.9 Å². The quantitative estimate of drug-likeness (QED) is 0.486. The number of benzene rings is 1. The van der Waals surface area contributed by atoms with E-state index in [-0.39, 0.29) is 13.2 Å². The van der Waals surface area contributed by atoms with Crippen LogP contribution in [0.1, 0.15) is 11.1 Å². The molecule has 9 heteroatoms. The van der Waals surface area contributed by atoms with Crippen molar-refractivity contribution in [2.24, 2.45) is 5.73 Å². The Kier molecular flexibility index (Phi) is 5.51. The number of pyridine rings is 1. The molecule has 0 aliphatic heterocycles. The number of nitrogens with zero attached hydrogens (tertiary/aromatic N) is 4. The van der Waals surface area contributed by atoms with E-state index in [9.17, 15) is 0 Å². The van der Waals surface area contributed by atoms with Gasteiger partial charge in [-0.15, -0.1) is 10.2 Å². The van der Waals surface area contributed by atoms with Crippen LogP contribution in [0.4, 0.5) is 0 Å². The zero-order chi connectivity index (χ0) is 20.5. The molecule has 1 unspecified atom stereocenters. The Labute approximate surface area is 176 Å². The summed E-state index contributed by atoms with van der Waals surface area (Å²) in [5.74, 6) is 0.628. The summed E-state index contributed by atoms with van der Waals surface area (Å²) in [5, 5.41) is 19.6. The lowest BCUT2D eigenvalue weighted by Gasteiger charge is -2.14. The molecule has 3 heterocycles. The number of nitrogens with two attached hydrogens (primary N) is 1. The largest absolute Gasteiger partial charge is 0.492 e. The van der Waals surface area contributed by atoms with Crippen molar-refractivity contribution in [1.29, 1.82) is 0 Å². The molecule has 0 aliphatic carbocycles. The van der Waals surface area contributed by atoms with Crippen LogP contribution >= 0.6 is 22.9 Å². The fourth-order valence-electron chi connectivity index (χ4n) is 2.87. The number of halogens is 1. The SMILES string of the molecule is Cc1ccc2nc(-c3nnc(-c4cc(C)c(OCC(N)CO)cc4Cl)s3)cn2c1. The molecular formula is C20H20ClN5O2S. The first kappa shape index (κ1) is 19.8. The second-order valence-electron chi connectivity index (χ2n) is 6.86. The zero-order valence-corrected chi connectivity index (χ0v) is 17.5. The van der Waals surface area contributed by atoms with Gasteiger partial charge in [0, 0.05) is 18.0 Å². The van der Waals surface area contributed by atoms with Crippen LogP contribution in [0.3, 0.4) is 0 Å². The van der Waals surface area contributed by atoms with Gasteiger partial charge in [0.05, 0.1) is 17.7 Å². The Morgan fingerprint density at radius 3 is 2.79 bits per heavy atom. The highest BCUT2D eigenvalue weighted by Gasteiger charge is 2.16. The Morgan fingerprint density at radius 2 is 2.00 bits per heavy atom. The summed E-state index contributed by atoms with van der Waals surface area (Å²) in [7, 11) is 0. The lowest BCUT2D eigenvalue weighted by atomic mass is 10.1. The Hall–Kier alpha value is -2.52. The molecule has 0 fully saturated rings. The van der Waals surface area contributed by atoms with Crippen LogP contribution in [0.2, 0.25) is 5.02 Å². The summed E-state index contributed by atoms with van der Waals surface area (Å²) in [6, 6.07) is 7.22. The molecule has 150 valence electrons. The van der Waals surface area contributed by atoms with E-state index in [2.05, 4.69) is 15.2 Å². The van der Waals surface area contributed by atoms with Gasteiger partial charge in [-0.1, -0.05) is 29.0 Å². The average Bonchev–Trinajstić information content (AvgIpc) is 3.34. The Bertz CT molecular complexity index is 1170. The number of aliphatic hydroxyl groups excluding tert-OH is 1. The van der Waals surface area contributed by atoms with E-state index in [1.807, 2.05) is 48.8 Å². The lowest BCUT2D eigenvalue weighted by molar-refractivity contribution is 0.206. The molecular weight excluding hydrogens is 410 g/mol. The topological polar surface area (TPSA) is 98.6 Å². The lowest BCUT2D eigenvalue weighted by Crippen LogP contribution is -2.31. The van der Waals surface area contributed by atoms with Gasteiger partial charge < -0.3 is 20.0 Å². The van der Waals surface area contributed by atoms with Crippen LogP contribution in [-0.2, 0) is 0 Å². The van der Waals surface area contributed by atoms with E-state index in [1.165, 1.54) is 11.3 Å². The van der Waals surface area contributed by atoms with E-state index in [1.54, 1.807) is 6.07 Å². The first-order chi connectivity index (χ1) is 13.9. The van der Waals surface area contributed by atoms with E-state index in [0.29, 0.717) is 15.8 Å². The third kappa shape index (κ3) is 4.11. The molecule has 0 saturated heterocycles. The van der Waals surface area contributed by atoms with Gasteiger partial charge >= 0.3 is 0 Å². The highest BCUT2D eigenvalue weighted by Crippen LogP contribution is 2.37. The Morgan fingerprint density at radius 1 is 1.21 bits per heavy atom. The average molecular weight is 430 g/mol. The summed E-state index contributed by atoms with van der Waals surface area (Å²) < 4.78 is 7.64. The molecule has 0 spiro atoms. The van der Waals surface area contributed by atoms with Crippen molar-refractivity contribution in [3.63, 3.8) is 0 Å². The Balaban J connectivity index is 1.62. The van der Waals surface area contributed by atoms with Crippen LogP contribution in [-0.4, -0.2) is 43.9 Å². The van der Waals surface area contributed by atoms with Gasteiger partial charge in [0.2, 0.25) is 0 Å². The third-order valence-corrected chi connectivity index (χ3v) is 5.72. The van der Waals surface area contributed by atoms with Crippen molar-refractivity contribution in [2.45, 2.75) is 19.9 Å². The predicted octanol–water partition coefficient (Wildman–Crippen LogP) is 3.49. The molecule has 0 amide bonds. The van der Waals surface area contributed by atoms with Gasteiger partial charge in [-0.25, -0.2) is 4.98 Å². The molecule has 0 aliphatic rings. The molecule has 0 radical (unpaired) electrons. The molecule has 7 nitrogen and oxygen atoms in total. The highest BCUT2D eigenvalue weighted by molar-refractivity contribution is 7.18. The van der Waals surface area contributed by atoms with Gasteiger partial charge in [-0.2, -0.15) is 0 Å². The number of hydrogen-bond donors (Lipinski definition) is 2. The van der Waals surface area contributed by atoms with Crippen molar-refractivity contribution in [2.75, 3.05) is 13.2 Å². The number of hydrogen-bond acceptors (Lipinski definition) is 7. The maximum atomic E-state index is 9.03. The molecule has 1 aromatic carbocycles. The summed E-state index contributed by atoms with van der Waals surface area (Å²) in [4.78, 5) is 4.62. The second kappa shape index (κ2) is 8.08. The fourth-order valence-corrected chi connectivity index (χ4v) is 4.00. The van der Waals surface area contributed by atoms with E-state index in [0.717, 1.165) is 33.0 Å². The fraction of sp³-hybridized carbons (Fsp3) is 0.250. The minimum absolute atomic E-state index is 0.138. The summed E-state index contributed by atoms with van der Waals surface area (Å²) in [6.45, 7) is 4.04. The van der Waals surface area contributed by atoms with Gasteiger partial charge in [-0.05, 0) is 43.2 Å². The van der Waals surface area contributed by atoms with Crippen LogP contribution in [0.5, 0.6) is 5.75 Å². The minimum Gasteiger partial charge on any atom is -0.492 e. The van der Waals surface area contributed by atoms with E-state index in [4.69, 9.17) is 27.2 Å². The maximum Gasteiger partial charge on any atom is 0.168 e. The maximum absolute atomic E-state index is 9.03. The van der Waals surface area contributed by atoms with Crippen molar-refractivity contribution >= 4 is 28.6 Å². The van der Waals surface area contributed by atoms with Gasteiger partial charge in [0.15, 0.2) is 5.01 Å². The first-order valence-electron chi connectivity index (χ1n) is 9.03. The molecule has 29 heavy (non-hydrogen) atoms. The number of rotatable bonds is 6. The van der Waals surface area contributed by atoms with Gasteiger partial charge in [0.1, 0.15) is 28.7 Å². The van der Waals surface area contributed by atoms with Gasteiger partial charge in [0.25, 0.3) is 0 Å². The molecule has 4 aromatic rings. The zero-order valence-electron chi connectivity index (χ0n) is 16.0. The molecule has 0 bridgehead atoms. The van der Waals surface area contributed by atoms with Gasteiger partial charge in [-0.3, -0.25) is 0 Å². The minimum atomic E-state index is -0.437. The third-order valence-electron chi connectivity index (χ3n) is 4.43. The number of ether oxygens (including phenoxy) is 1. The van der Waals surface area contributed by atoms with Crippen molar-refractivity contribution in [3.8, 4) is 27.0 Å². The summed E-state index contributed by atoms with van der Waals surface area (Å²) in [6.07, 6.45) is 3.97. The number of aliphatic hydroxyl groups is 1. The van der Waals surface area contributed by atoms with Crippen LogP contribution in [0, 0.1) is 13.8 Å².